The van der Waals surface area contributed by atoms with Crippen molar-refractivity contribution in [1.82, 2.24) is 10.6 Å². The zero-order valence-electron chi connectivity index (χ0n) is 12.8. The Morgan fingerprint density at radius 2 is 1.67 bits per heavy atom. The Morgan fingerprint density at radius 3 is 2.10 bits per heavy atom. The molecule has 1 aromatic rings. The standard InChI is InChI=1S/C15H22F3N3/c1-14(2,3)21-13(19-4)20-10-9-11-5-7-12(8-6-11)15(16,17)18/h5-8H,9-10H2,1-4H3,(H2,19,20,21). The van der Waals surface area contributed by atoms with Crippen LogP contribution in [0.2, 0.25) is 0 Å². The van der Waals surface area contributed by atoms with E-state index in [4.69, 9.17) is 0 Å². The second kappa shape index (κ2) is 6.83. The van der Waals surface area contributed by atoms with Crippen LogP contribution in [-0.4, -0.2) is 25.1 Å². The molecule has 0 aromatic heterocycles. The lowest BCUT2D eigenvalue weighted by atomic mass is 10.1. The van der Waals surface area contributed by atoms with E-state index in [9.17, 15) is 13.2 Å². The van der Waals surface area contributed by atoms with Crippen molar-refractivity contribution < 1.29 is 13.2 Å². The van der Waals surface area contributed by atoms with Gasteiger partial charge in [0.2, 0.25) is 0 Å². The van der Waals surface area contributed by atoms with E-state index in [-0.39, 0.29) is 5.54 Å². The quantitative estimate of drug-likeness (QED) is 0.664. The minimum absolute atomic E-state index is 0.101. The van der Waals surface area contributed by atoms with E-state index in [2.05, 4.69) is 15.6 Å². The zero-order valence-corrected chi connectivity index (χ0v) is 12.8. The molecule has 0 fully saturated rings. The van der Waals surface area contributed by atoms with Gasteiger partial charge in [-0.25, -0.2) is 0 Å². The molecule has 0 amide bonds. The van der Waals surface area contributed by atoms with Crippen LogP contribution in [0.5, 0.6) is 0 Å². The summed E-state index contributed by atoms with van der Waals surface area (Å²) in [5, 5.41) is 6.35. The third kappa shape index (κ3) is 6.51. The van der Waals surface area contributed by atoms with Crippen LogP contribution in [0.25, 0.3) is 0 Å². The largest absolute Gasteiger partial charge is 0.416 e. The Kier molecular flexibility index (Phi) is 5.63. The van der Waals surface area contributed by atoms with Crippen molar-refractivity contribution in [3.63, 3.8) is 0 Å². The molecule has 0 unspecified atom stereocenters. The number of nitrogens with zero attached hydrogens (tertiary/aromatic N) is 1. The highest BCUT2D eigenvalue weighted by Crippen LogP contribution is 2.29. The van der Waals surface area contributed by atoms with Crippen LogP contribution in [0.4, 0.5) is 13.2 Å². The summed E-state index contributed by atoms with van der Waals surface area (Å²) in [5.41, 5.74) is 0.127. The molecule has 0 aliphatic rings. The summed E-state index contributed by atoms with van der Waals surface area (Å²) in [6.45, 7) is 6.67. The van der Waals surface area contributed by atoms with E-state index >= 15 is 0 Å². The third-order valence-corrected chi connectivity index (χ3v) is 2.70. The smallest absolute Gasteiger partial charge is 0.356 e. The van der Waals surface area contributed by atoms with E-state index in [0.717, 1.165) is 17.7 Å². The predicted octanol–water partition coefficient (Wildman–Crippen LogP) is 3.21. The molecule has 118 valence electrons. The van der Waals surface area contributed by atoms with Gasteiger partial charge in [0.25, 0.3) is 0 Å². The van der Waals surface area contributed by atoms with Crippen LogP contribution in [0.3, 0.4) is 0 Å². The molecule has 0 heterocycles. The maximum Gasteiger partial charge on any atom is 0.416 e. The van der Waals surface area contributed by atoms with Crippen molar-refractivity contribution in [2.75, 3.05) is 13.6 Å². The molecule has 0 aliphatic carbocycles. The lowest BCUT2D eigenvalue weighted by Crippen LogP contribution is -2.48. The number of alkyl halides is 3. The summed E-state index contributed by atoms with van der Waals surface area (Å²) in [6, 6.07) is 5.23. The second-order valence-electron chi connectivity index (χ2n) is 5.82. The van der Waals surface area contributed by atoms with Gasteiger partial charge in [-0.2, -0.15) is 13.2 Å². The number of nitrogens with one attached hydrogen (secondary N) is 2. The summed E-state index contributed by atoms with van der Waals surface area (Å²) in [6.07, 6.45) is -3.65. The molecule has 1 rings (SSSR count). The van der Waals surface area contributed by atoms with E-state index in [1.54, 1.807) is 7.05 Å². The number of aliphatic imine (C=N–C) groups is 1. The molecular formula is C15H22F3N3. The van der Waals surface area contributed by atoms with Gasteiger partial charge in [0.05, 0.1) is 5.56 Å². The van der Waals surface area contributed by atoms with Crippen molar-refractivity contribution in [3.8, 4) is 0 Å². The Balaban J connectivity index is 2.49. The van der Waals surface area contributed by atoms with E-state index < -0.39 is 11.7 Å². The van der Waals surface area contributed by atoms with Gasteiger partial charge in [-0.15, -0.1) is 0 Å². The van der Waals surface area contributed by atoms with Gasteiger partial charge in [-0.3, -0.25) is 4.99 Å². The fourth-order valence-electron chi connectivity index (χ4n) is 1.72. The second-order valence-corrected chi connectivity index (χ2v) is 5.82. The highest BCUT2D eigenvalue weighted by molar-refractivity contribution is 5.80. The lowest BCUT2D eigenvalue weighted by molar-refractivity contribution is -0.137. The average molecular weight is 301 g/mol. The molecule has 0 aliphatic heterocycles. The monoisotopic (exact) mass is 301 g/mol. The predicted molar refractivity (Wildman–Crippen MR) is 79.4 cm³/mol. The summed E-state index contributed by atoms with van der Waals surface area (Å²) < 4.78 is 37.3. The number of hydrogen-bond acceptors (Lipinski definition) is 1. The first-order valence-electron chi connectivity index (χ1n) is 6.77. The molecule has 0 saturated heterocycles. The maximum absolute atomic E-state index is 12.4. The first-order valence-corrected chi connectivity index (χ1v) is 6.77. The van der Waals surface area contributed by atoms with Crippen molar-refractivity contribution >= 4 is 5.96 Å². The lowest BCUT2D eigenvalue weighted by Gasteiger charge is -2.23. The van der Waals surface area contributed by atoms with Crippen LogP contribution in [0, 0.1) is 0 Å². The number of benzene rings is 1. The molecule has 0 bridgehead atoms. The molecular weight excluding hydrogens is 279 g/mol. The Bertz CT molecular complexity index is 470. The molecule has 21 heavy (non-hydrogen) atoms. The first kappa shape index (κ1) is 17.3. The van der Waals surface area contributed by atoms with Crippen molar-refractivity contribution in [3.05, 3.63) is 35.4 Å². The van der Waals surface area contributed by atoms with Crippen LogP contribution in [-0.2, 0) is 12.6 Å². The van der Waals surface area contributed by atoms with Crippen LogP contribution < -0.4 is 10.6 Å². The van der Waals surface area contributed by atoms with Crippen molar-refractivity contribution in [1.29, 1.82) is 0 Å². The minimum Gasteiger partial charge on any atom is -0.356 e. The van der Waals surface area contributed by atoms with Gasteiger partial charge >= 0.3 is 6.18 Å². The molecule has 0 radical (unpaired) electrons. The van der Waals surface area contributed by atoms with Gasteiger partial charge in [0, 0.05) is 19.1 Å². The van der Waals surface area contributed by atoms with Crippen LogP contribution in [0.1, 0.15) is 31.9 Å². The van der Waals surface area contributed by atoms with E-state index in [1.165, 1.54) is 12.1 Å². The Hall–Kier alpha value is -1.72. The zero-order chi connectivity index (χ0) is 16.1. The van der Waals surface area contributed by atoms with Gasteiger partial charge < -0.3 is 10.6 Å². The molecule has 0 atom stereocenters. The van der Waals surface area contributed by atoms with Gasteiger partial charge in [0.1, 0.15) is 0 Å². The summed E-state index contributed by atoms with van der Waals surface area (Å²) in [5.74, 6) is 0.675. The van der Waals surface area contributed by atoms with E-state index in [0.29, 0.717) is 18.9 Å². The topological polar surface area (TPSA) is 36.4 Å². The normalized spacial score (nSPS) is 13.2. The highest BCUT2D eigenvalue weighted by atomic mass is 19.4. The molecule has 1 aromatic carbocycles. The van der Waals surface area contributed by atoms with Gasteiger partial charge in [-0.1, -0.05) is 12.1 Å². The molecule has 0 saturated carbocycles. The summed E-state index contributed by atoms with van der Waals surface area (Å²) in [4.78, 5) is 4.10. The Labute approximate surface area is 123 Å². The van der Waals surface area contributed by atoms with Crippen LogP contribution >= 0.6 is 0 Å². The molecule has 0 spiro atoms. The molecule has 3 nitrogen and oxygen atoms in total. The summed E-state index contributed by atoms with van der Waals surface area (Å²) in [7, 11) is 1.68. The average Bonchev–Trinajstić information content (AvgIpc) is 2.35. The number of rotatable bonds is 3. The maximum atomic E-state index is 12.4. The SMILES string of the molecule is CN=C(NCCc1ccc(C(F)(F)F)cc1)NC(C)(C)C. The van der Waals surface area contributed by atoms with Crippen molar-refractivity contribution in [2.45, 2.75) is 38.9 Å². The fourth-order valence-corrected chi connectivity index (χ4v) is 1.72. The highest BCUT2D eigenvalue weighted by Gasteiger charge is 2.29. The molecule has 2 N–H and O–H groups in total. The van der Waals surface area contributed by atoms with Crippen LogP contribution in [0.15, 0.2) is 29.3 Å². The number of guanidine groups is 1. The Morgan fingerprint density at radius 1 is 1.10 bits per heavy atom. The fraction of sp³-hybridized carbons (Fsp3) is 0.533. The minimum atomic E-state index is -4.28. The van der Waals surface area contributed by atoms with Crippen molar-refractivity contribution in [2.24, 2.45) is 4.99 Å². The first-order chi connectivity index (χ1) is 9.62. The molecule has 6 heteroatoms. The summed E-state index contributed by atoms with van der Waals surface area (Å²) >= 11 is 0. The third-order valence-electron chi connectivity index (χ3n) is 2.70. The van der Waals surface area contributed by atoms with Gasteiger partial charge in [-0.05, 0) is 44.9 Å². The van der Waals surface area contributed by atoms with Gasteiger partial charge in [0.15, 0.2) is 5.96 Å². The number of halogens is 3. The van der Waals surface area contributed by atoms with E-state index in [1.807, 2.05) is 20.8 Å². The number of hydrogen-bond donors (Lipinski definition) is 2.